The molecule has 4 heteroatoms. The van der Waals surface area contributed by atoms with E-state index >= 15 is 0 Å². The number of thiophene rings is 1. The Morgan fingerprint density at radius 1 is 0.528 bits per heavy atom. The molecule has 0 atom stereocenters. The molecule has 2 bridgehead atoms. The van der Waals surface area contributed by atoms with Gasteiger partial charge in [0, 0.05) is 32.0 Å². The number of rotatable bonds is 2. The third-order valence-electron chi connectivity index (χ3n) is 11.1. The molecule has 3 heterocycles. The zero-order valence-electron chi connectivity index (χ0n) is 28.4. The summed E-state index contributed by atoms with van der Waals surface area (Å²) in [5.74, 6) is 0. The predicted molar refractivity (Wildman–Crippen MR) is 223 cm³/mol. The van der Waals surface area contributed by atoms with Crippen molar-refractivity contribution < 1.29 is 4.42 Å². The van der Waals surface area contributed by atoms with Crippen LogP contribution >= 0.6 is 11.3 Å². The number of aromatic nitrogens is 2. The lowest BCUT2D eigenvalue weighted by Crippen LogP contribution is -2.06. The summed E-state index contributed by atoms with van der Waals surface area (Å²) in [6.45, 7) is 0. The number of nitrogens with zero attached hydrogens (tertiary/aromatic N) is 2. The first-order chi connectivity index (χ1) is 26.2. The van der Waals surface area contributed by atoms with Crippen LogP contribution in [0.3, 0.4) is 0 Å². The maximum absolute atomic E-state index is 6.36. The number of para-hydroxylation sites is 1. The second kappa shape index (κ2) is 10.9. The van der Waals surface area contributed by atoms with Crippen molar-refractivity contribution >= 4 is 88.3 Å². The van der Waals surface area contributed by atoms with Gasteiger partial charge < -0.3 is 4.42 Å². The number of furan rings is 1. The second-order valence-corrected chi connectivity index (χ2v) is 15.1. The zero-order chi connectivity index (χ0) is 34.6. The van der Waals surface area contributed by atoms with Crippen LogP contribution in [-0.2, 0) is 6.42 Å². The quantitative estimate of drug-likeness (QED) is 0.181. The topological polar surface area (TPSA) is 38.9 Å². The Morgan fingerprint density at radius 3 is 2.32 bits per heavy atom. The molecule has 2 aliphatic carbocycles. The van der Waals surface area contributed by atoms with Gasteiger partial charge in [-0.25, -0.2) is 9.97 Å². The van der Waals surface area contributed by atoms with E-state index in [-0.39, 0.29) is 0 Å². The van der Waals surface area contributed by atoms with E-state index in [0.29, 0.717) is 0 Å². The molecule has 12 rings (SSSR count). The van der Waals surface area contributed by atoms with Crippen LogP contribution in [0.4, 0.5) is 0 Å². The van der Waals surface area contributed by atoms with E-state index in [4.69, 9.17) is 14.4 Å². The minimum absolute atomic E-state index is 0.865. The van der Waals surface area contributed by atoms with Gasteiger partial charge in [0.1, 0.15) is 21.5 Å². The first kappa shape index (κ1) is 29.0. The van der Waals surface area contributed by atoms with E-state index in [1.54, 1.807) is 11.3 Å². The molecule has 53 heavy (non-hydrogen) atoms. The van der Waals surface area contributed by atoms with Crippen molar-refractivity contribution in [2.45, 2.75) is 6.42 Å². The summed E-state index contributed by atoms with van der Waals surface area (Å²) in [6, 6.07) is 50.0. The van der Waals surface area contributed by atoms with Gasteiger partial charge in [0.2, 0.25) is 0 Å². The summed E-state index contributed by atoms with van der Waals surface area (Å²) in [4.78, 5) is 11.7. The monoisotopic (exact) mass is 692 g/mol. The van der Waals surface area contributed by atoms with Gasteiger partial charge in [0.05, 0.1) is 11.4 Å². The molecule has 2 aliphatic rings. The number of hydrogen-bond acceptors (Lipinski definition) is 4. The number of fused-ring (bicyclic) bond motifs is 13. The Labute approximate surface area is 308 Å². The lowest BCUT2D eigenvalue weighted by atomic mass is 9.79. The fraction of sp³-hybridized carbons (Fsp3) is 0.0204. The van der Waals surface area contributed by atoms with Gasteiger partial charge in [0.25, 0.3) is 0 Å². The van der Waals surface area contributed by atoms with Crippen LogP contribution in [0.15, 0.2) is 144 Å². The van der Waals surface area contributed by atoms with Crippen molar-refractivity contribution in [2.24, 2.45) is 0 Å². The van der Waals surface area contributed by atoms with E-state index in [0.717, 1.165) is 66.6 Å². The van der Waals surface area contributed by atoms with Gasteiger partial charge in [-0.2, -0.15) is 0 Å². The van der Waals surface area contributed by atoms with E-state index in [1.807, 2.05) is 12.1 Å². The van der Waals surface area contributed by atoms with Crippen molar-refractivity contribution in [3.63, 3.8) is 0 Å². The fourth-order valence-electron chi connectivity index (χ4n) is 8.60. The van der Waals surface area contributed by atoms with Crippen molar-refractivity contribution in [2.75, 3.05) is 0 Å². The lowest BCUT2D eigenvalue weighted by molar-refractivity contribution is 0.669. The highest BCUT2D eigenvalue weighted by atomic mass is 32.1. The van der Waals surface area contributed by atoms with Crippen LogP contribution < -0.4 is 0 Å². The Hall–Kier alpha value is -6.62. The second-order valence-electron chi connectivity index (χ2n) is 14.1. The highest BCUT2D eigenvalue weighted by Crippen LogP contribution is 2.46. The number of benzene rings is 7. The largest absolute Gasteiger partial charge is 0.456 e. The summed E-state index contributed by atoms with van der Waals surface area (Å²) >= 11 is 1.71. The molecule has 3 nitrogen and oxygen atoms in total. The molecule has 0 spiro atoms. The summed E-state index contributed by atoms with van der Waals surface area (Å²) in [5, 5.41) is 5.86. The van der Waals surface area contributed by atoms with Crippen LogP contribution in [0.1, 0.15) is 27.8 Å². The average molecular weight is 693 g/mol. The van der Waals surface area contributed by atoms with Crippen molar-refractivity contribution in [3.05, 3.63) is 167 Å². The maximum Gasteiger partial charge on any atom is 0.143 e. The SMILES string of the molecule is C1=Cc2c(ccc3cc4c(cc23)oc2ccccc24)/C=C2/Cc3c1cccc3-c1cc(-c3nc4c(nc3-c3ccccc3)sc3ccccc34)ccc12. The highest BCUT2D eigenvalue weighted by Gasteiger charge is 2.25. The fourth-order valence-corrected chi connectivity index (χ4v) is 9.62. The summed E-state index contributed by atoms with van der Waals surface area (Å²) < 4.78 is 7.56. The van der Waals surface area contributed by atoms with E-state index in [1.165, 1.54) is 60.0 Å². The van der Waals surface area contributed by atoms with Crippen LogP contribution in [0.5, 0.6) is 0 Å². The number of hydrogen-bond donors (Lipinski definition) is 0. The van der Waals surface area contributed by atoms with Crippen LogP contribution in [0.2, 0.25) is 0 Å². The minimum Gasteiger partial charge on any atom is -0.456 e. The Morgan fingerprint density at radius 2 is 1.38 bits per heavy atom. The van der Waals surface area contributed by atoms with Crippen molar-refractivity contribution in [1.82, 2.24) is 9.97 Å². The highest BCUT2D eigenvalue weighted by molar-refractivity contribution is 7.25. The molecule has 0 unspecified atom stereocenters. The van der Waals surface area contributed by atoms with Gasteiger partial charge >= 0.3 is 0 Å². The van der Waals surface area contributed by atoms with Gasteiger partial charge in [-0.15, -0.1) is 11.3 Å². The summed E-state index contributed by atoms with van der Waals surface area (Å²) in [7, 11) is 0. The van der Waals surface area contributed by atoms with Gasteiger partial charge in [-0.05, 0) is 92.0 Å². The van der Waals surface area contributed by atoms with Gasteiger partial charge in [0.15, 0.2) is 0 Å². The molecule has 0 radical (unpaired) electrons. The molecule has 0 aliphatic heterocycles. The molecular weight excluding hydrogens is 665 g/mol. The Bertz CT molecular complexity index is 3250. The normalized spacial score (nSPS) is 14.2. The van der Waals surface area contributed by atoms with Crippen molar-refractivity contribution in [3.8, 4) is 33.6 Å². The first-order valence-electron chi connectivity index (χ1n) is 18.0. The molecule has 0 saturated heterocycles. The molecule has 0 fully saturated rings. The maximum atomic E-state index is 6.36. The zero-order valence-corrected chi connectivity index (χ0v) is 29.2. The smallest absolute Gasteiger partial charge is 0.143 e. The van der Waals surface area contributed by atoms with Crippen molar-refractivity contribution in [1.29, 1.82) is 0 Å². The molecule has 0 saturated carbocycles. The standard InChI is InChI=1S/C49H28N2OS/c1-2-9-29(10-3-1)46-47(50-48-38-13-5-7-16-45(38)53-49(48)51-46)32-20-22-35-33-23-30-17-18-31-24-42-37-12-4-6-15-43(37)52-44(42)27-40(31)34(30)21-19-28-11-8-14-36(39(28)26-33)41(35)25-32/h1-25,27H,26H2/b21-19?,33-23-. The summed E-state index contributed by atoms with van der Waals surface area (Å²) in [6.07, 6.45) is 7.88. The molecule has 0 N–H and O–H groups in total. The lowest BCUT2D eigenvalue weighted by Gasteiger charge is -2.25. The third kappa shape index (κ3) is 4.33. The van der Waals surface area contributed by atoms with Gasteiger partial charge in [-0.1, -0.05) is 127 Å². The Balaban J connectivity index is 1.08. The molecule has 3 aromatic heterocycles. The van der Waals surface area contributed by atoms with E-state index in [9.17, 15) is 0 Å². The minimum atomic E-state index is 0.865. The molecule has 10 aromatic rings. The van der Waals surface area contributed by atoms with E-state index < -0.39 is 0 Å². The molecular formula is C49H28N2OS. The molecule has 246 valence electrons. The van der Waals surface area contributed by atoms with E-state index in [2.05, 4.69) is 146 Å². The first-order valence-corrected chi connectivity index (χ1v) is 18.8. The van der Waals surface area contributed by atoms with Crippen LogP contribution in [-0.4, -0.2) is 9.97 Å². The summed E-state index contributed by atoms with van der Waals surface area (Å²) in [5.41, 5.74) is 16.8. The average Bonchev–Trinajstić information content (AvgIpc) is 3.78. The number of allylic oxidation sites excluding steroid dienone is 1. The molecule has 0 amide bonds. The third-order valence-corrected chi connectivity index (χ3v) is 12.2. The van der Waals surface area contributed by atoms with Crippen LogP contribution in [0.25, 0.3) is 111 Å². The van der Waals surface area contributed by atoms with Gasteiger partial charge in [-0.3, -0.25) is 0 Å². The molecule has 7 aromatic carbocycles. The Kier molecular flexibility index (Phi) is 5.99. The predicted octanol–water partition coefficient (Wildman–Crippen LogP) is 13.5. The van der Waals surface area contributed by atoms with Crippen LogP contribution in [0, 0.1) is 0 Å².